The molecular formula is C18H28N2O2S. The molecule has 0 saturated carbocycles. The Kier molecular flexibility index (Phi) is 5.09. The number of nitrogens with zero attached hydrogens (tertiary/aromatic N) is 2. The molecule has 0 bridgehead atoms. The van der Waals surface area contributed by atoms with Crippen molar-refractivity contribution in [2.75, 3.05) is 38.5 Å². The van der Waals surface area contributed by atoms with Gasteiger partial charge in [0.15, 0.2) is 0 Å². The van der Waals surface area contributed by atoms with Crippen LogP contribution in [0.2, 0.25) is 0 Å². The predicted octanol–water partition coefficient (Wildman–Crippen LogP) is 2.37. The first kappa shape index (κ1) is 16.9. The fraction of sp³-hybridized carbons (Fsp3) is 0.667. The van der Waals surface area contributed by atoms with E-state index in [0.717, 1.165) is 39.0 Å². The SMILES string of the molecule is CCS(=O)(=O)N1CC[C@]2(CCCN(CCc3ccccc3)C2)C1. The lowest BCUT2D eigenvalue weighted by Gasteiger charge is -2.40. The lowest BCUT2D eigenvalue weighted by atomic mass is 9.79. The van der Waals surface area contributed by atoms with Gasteiger partial charge in [-0.15, -0.1) is 0 Å². The summed E-state index contributed by atoms with van der Waals surface area (Å²) in [7, 11) is -3.03. The molecule has 0 N–H and O–H groups in total. The van der Waals surface area contributed by atoms with Crippen LogP contribution in [0.1, 0.15) is 31.7 Å². The van der Waals surface area contributed by atoms with Crippen molar-refractivity contribution in [1.82, 2.24) is 9.21 Å². The van der Waals surface area contributed by atoms with E-state index in [9.17, 15) is 8.42 Å². The normalized spacial score (nSPS) is 26.8. The highest BCUT2D eigenvalue weighted by atomic mass is 32.2. The van der Waals surface area contributed by atoms with Crippen LogP contribution in [0, 0.1) is 5.41 Å². The van der Waals surface area contributed by atoms with E-state index < -0.39 is 10.0 Å². The molecule has 0 amide bonds. The van der Waals surface area contributed by atoms with Crippen molar-refractivity contribution in [2.45, 2.75) is 32.6 Å². The van der Waals surface area contributed by atoms with E-state index in [1.165, 1.54) is 18.4 Å². The van der Waals surface area contributed by atoms with Crippen LogP contribution in [0.25, 0.3) is 0 Å². The van der Waals surface area contributed by atoms with Crippen molar-refractivity contribution >= 4 is 10.0 Å². The molecule has 3 rings (SSSR count). The van der Waals surface area contributed by atoms with Gasteiger partial charge in [0.1, 0.15) is 0 Å². The second kappa shape index (κ2) is 6.91. The fourth-order valence-corrected chi connectivity index (χ4v) is 5.29. The highest BCUT2D eigenvalue weighted by molar-refractivity contribution is 7.89. The summed E-state index contributed by atoms with van der Waals surface area (Å²) in [6.07, 6.45) is 4.46. The van der Waals surface area contributed by atoms with Crippen molar-refractivity contribution < 1.29 is 8.42 Å². The Bertz CT molecular complexity index is 617. The molecule has 128 valence electrons. The van der Waals surface area contributed by atoms with Gasteiger partial charge in [0, 0.05) is 26.2 Å². The largest absolute Gasteiger partial charge is 0.302 e. The second-order valence-electron chi connectivity index (χ2n) is 7.10. The zero-order valence-corrected chi connectivity index (χ0v) is 14.9. The average Bonchev–Trinajstić information content (AvgIpc) is 2.98. The molecule has 2 heterocycles. The van der Waals surface area contributed by atoms with Crippen molar-refractivity contribution in [2.24, 2.45) is 5.41 Å². The topological polar surface area (TPSA) is 40.6 Å². The van der Waals surface area contributed by atoms with Gasteiger partial charge in [-0.05, 0) is 50.1 Å². The third-order valence-electron chi connectivity index (χ3n) is 5.46. The fourth-order valence-electron chi connectivity index (χ4n) is 4.08. The maximum absolute atomic E-state index is 12.1. The third-order valence-corrected chi connectivity index (χ3v) is 7.29. The molecule has 0 aliphatic carbocycles. The van der Waals surface area contributed by atoms with Crippen LogP contribution in [0.3, 0.4) is 0 Å². The summed E-state index contributed by atoms with van der Waals surface area (Å²) in [5.74, 6) is 0.223. The third kappa shape index (κ3) is 3.95. The van der Waals surface area contributed by atoms with Gasteiger partial charge in [-0.2, -0.15) is 0 Å². The van der Waals surface area contributed by atoms with E-state index in [4.69, 9.17) is 0 Å². The van der Waals surface area contributed by atoms with E-state index in [1.807, 2.05) is 0 Å². The van der Waals surface area contributed by atoms with E-state index in [2.05, 4.69) is 35.2 Å². The minimum atomic E-state index is -3.03. The van der Waals surface area contributed by atoms with E-state index >= 15 is 0 Å². The van der Waals surface area contributed by atoms with E-state index in [-0.39, 0.29) is 11.2 Å². The molecule has 4 nitrogen and oxygen atoms in total. The van der Waals surface area contributed by atoms with Gasteiger partial charge in [0.25, 0.3) is 0 Å². The Morgan fingerprint density at radius 3 is 2.61 bits per heavy atom. The van der Waals surface area contributed by atoms with Crippen molar-refractivity contribution in [3.05, 3.63) is 35.9 Å². The highest BCUT2D eigenvalue weighted by Crippen LogP contribution is 2.39. The molecule has 5 heteroatoms. The van der Waals surface area contributed by atoms with Crippen LogP contribution in [0.5, 0.6) is 0 Å². The molecule has 0 radical (unpaired) electrons. The zero-order chi connectivity index (χ0) is 16.3. The first-order valence-electron chi connectivity index (χ1n) is 8.77. The van der Waals surface area contributed by atoms with Crippen LogP contribution in [0.4, 0.5) is 0 Å². The Morgan fingerprint density at radius 1 is 1.09 bits per heavy atom. The maximum atomic E-state index is 12.1. The maximum Gasteiger partial charge on any atom is 0.213 e. The number of benzene rings is 1. The highest BCUT2D eigenvalue weighted by Gasteiger charge is 2.44. The first-order chi connectivity index (χ1) is 11.0. The summed E-state index contributed by atoms with van der Waals surface area (Å²) in [4.78, 5) is 2.54. The number of likely N-dealkylation sites (tertiary alicyclic amines) is 1. The van der Waals surface area contributed by atoms with Crippen molar-refractivity contribution in [1.29, 1.82) is 0 Å². The number of sulfonamides is 1. The predicted molar refractivity (Wildman–Crippen MR) is 93.9 cm³/mol. The van der Waals surface area contributed by atoms with Crippen LogP contribution in [-0.4, -0.2) is 56.1 Å². The quantitative estimate of drug-likeness (QED) is 0.829. The Balaban J connectivity index is 1.58. The molecule has 2 aliphatic rings. The van der Waals surface area contributed by atoms with Gasteiger partial charge in [0.2, 0.25) is 10.0 Å². The van der Waals surface area contributed by atoms with Crippen LogP contribution >= 0.6 is 0 Å². The Labute approximate surface area is 140 Å². The molecule has 1 aromatic rings. The molecular weight excluding hydrogens is 308 g/mol. The lowest BCUT2D eigenvalue weighted by Crippen LogP contribution is -2.46. The minimum Gasteiger partial charge on any atom is -0.302 e. The number of hydrogen-bond acceptors (Lipinski definition) is 3. The van der Waals surface area contributed by atoms with Gasteiger partial charge in [-0.1, -0.05) is 30.3 Å². The molecule has 2 saturated heterocycles. The average molecular weight is 337 g/mol. The summed E-state index contributed by atoms with van der Waals surface area (Å²) >= 11 is 0. The summed E-state index contributed by atoms with van der Waals surface area (Å²) < 4.78 is 26.0. The number of hydrogen-bond donors (Lipinski definition) is 0. The van der Waals surface area contributed by atoms with Crippen LogP contribution in [0.15, 0.2) is 30.3 Å². The summed E-state index contributed by atoms with van der Waals surface area (Å²) in [5, 5.41) is 0. The minimum absolute atomic E-state index is 0.192. The summed E-state index contributed by atoms with van der Waals surface area (Å²) in [6, 6.07) is 10.6. The molecule has 2 fully saturated rings. The van der Waals surface area contributed by atoms with Crippen molar-refractivity contribution in [3.63, 3.8) is 0 Å². The number of rotatable bonds is 5. The van der Waals surface area contributed by atoms with Gasteiger partial charge >= 0.3 is 0 Å². The Morgan fingerprint density at radius 2 is 1.87 bits per heavy atom. The van der Waals surface area contributed by atoms with Crippen LogP contribution < -0.4 is 0 Å². The van der Waals surface area contributed by atoms with Crippen molar-refractivity contribution in [3.8, 4) is 0 Å². The van der Waals surface area contributed by atoms with Gasteiger partial charge in [-0.25, -0.2) is 12.7 Å². The zero-order valence-electron chi connectivity index (χ0n) is 14.1. The molecule has 0 unspecified atom stereocenters. The standard InChI is InChI=1S/C18H28N2O2S/c1-2-23(21,22)20-14-11-18(16-20)10-6-12-19(15-18)13-9-17-7-4-3-5-8-17/h3-5,7-8H,2,6,9-16H2,1H3/t18-/m0/s1. The van der Waals surface area contributed by atoms with Gasteiger partial charge < -0.3 is 4.90 Å². The molecule has 23 heavy (non-hydrogen) atoms. The molecule has 1 aromatic carbocycles. The van der Waals surface area contributed by atoms with E-state index in [1.54, 1.807) is 11.2 Å². The summed E-state index contributed by atoms with van der Waals surface area (Å²) in [6.45, 7) is 6.46. The van der Waals surface area contributed by atoms with Gasteiger partial charge in [-0.3, -0.25) is 0 Å². The number of piperidine rings is 1. The first-order valence-corrected chi connectivity index (χ1v) is 10.4. The summed E-state index contributed by atoms with van der Waals surface area (Å²) in [5.41, 5.74) is 1.57. The molecule has 2 aliphatic heterocycles. The smallest absolute Gasteiger partial charge is 0.213 e. The van der Waals surface area contributed by atoms with E-state index in [0.29, 0.717) is 6.54 Å². The van der Waals surface area contributed by atoms with Gasteiger partial charge in [0.05, 0.1) is 5.75 Å². The van der Waals surface area contributed by atoms with Crippen LogP contribution in [-0.2, 0) is 16.4 Å². The molecule has 1 spiro atoms. The molecule has 0 aromatic heterocycles. The Hall–Kier alpha value is -0.910. The molecule has 1 atom stereocenters. The second-order valence-corrected chi connectivity index (χ2v) is 9.36. The monoisotopic (exact) mass is 336 g/mol. The lowest BCUT2D eigenvalue weighted by molar-refractivity contribution is 0.100.